The van der Waals surface area contributed by atoms with Crippen molar-refractivity contribution < 1.29 is 23.1 Å². The molecule has 2 heterocycles. The Morgan fingerprint density at radius 3 is 2.58 bits per heavy atom. The largest absolute Gasteiger partial charge is 0.493 e. The van der Waals surface area contributed by atoms with Crippen molar-refractivity contribution in [3.8, 4) is 11.5 Å². The Morgan fingerprint density at radius 2 is 1.90 bits per heavy atom. The minimum Gasteiger partial charge on any atom is -0.493 e. The van der Waals surface area contributed by atoms with Gasteiger partial charge in [0.25, 0.3) is 5.91 Å². The molecule has 3 aromatic rings. The molecule has 162 valence electrons. The Hall–Kier alpha value is -3.39. The van der Waals surface area contributed by atoms with Crippen molar-refractivity contribution in [1.29, 1.82) is 0 Å². The van der Waals surface area contributed by atoms with Crippen LogP contribution in [0.25, 0.3) is 11.0 Å². The third-order valence-corrected chi connectivity index (χ3v) is 5.44. The molecule has 0 fully saturated rings. The highest BCUT2D eigenvalue weighted by molar-refractivity contribution is 5.99. The van der Waals surface area contributed by atoms with Crippen LogP contribution in [0.4, 0.5) is 4.39 Å². The SMILES string of the molecule is COc1cccc(C2c3c(oc4ccc(F)cc4c3=O)C(=O)N2CCN(C)C)c1OC. The van der Waals surface area contributed by atoms with Gasteiger partial charge in [0.05, 0.1) is 31.2 Å². The van der Waals surface area contributed by atoms with E-state index >= 15 is 0 Å². The first kappa shape index (κ1) is 20.9. The van der Waals surface area contributed by atoms with E-state index in [1.54, 1.807) is 23.1 Å². The van der Waals surface area contributed by atoms with Crippen molar-refractivity contribution in [2.75, 3.05) is 41.4 Å². The molecule has 1 amide bonds. The number of benzene rings is 2. The summed E-state index contributed by atoms with van der Waals surface area (Å²) in [6, 6.07) is 8.23. The lowest BCUT2D eigenvalue weighted by molar-refractivity contribution is 0.0715. The van der Waals surface area contributed by atoms with Crippen molar-refractivity contribution in [1.82, 2.24) is 9.80 Å². The molecule has 0 saturated heterocycles. The Balaban J connectivity index is 2.00. The van der Waals surface area contributed by atoms with Gasteiger partial charge in [-0.1, -0.05) is 12.1 Å². The molecule has 1 aliphatic heterocycles. The van der Waals surface area contributed by atoms with Gasteiger partial charge >= 0.3 is 0 Å². The van der Waals surface area contributed by atoms with Crippen LogP contribution in [0.5, 0.6) is 11.5 Å². The number of halogens is 1. The lowest BCUT2D eigenvalue weighted by Gasteiger charge is -2.28. The quantitative estimate of drug-likeness (QED) is 0.603. The maximum atomic E-state index is 13.9. The molecule has 2 aromatic carbocycles. The molecule has 7 nitrogen and oxygen atoms in total. The van der Waals surface area contributed by atoms with Gasteiger partial charge in [0.1, 0.15) is 11.4 Å². The lowest BCUT2D eigenvalue weighted by atomic mass is 9.97. The molecule has 4 rings (SSSR count). The fourth-order valence-electron chi connectivity index (χ4n) is 3.98. The van der Waals surface area contributed by atoms with E-state index in [1.807, 2.05) is 19.0 Å². The highest BCUT2D eigenvalue weighted by atomic mass is 19.1. The van der Waals surface area contributed by atoms with E-state index in [2.05, 4.69) is 0 Å². The Bertz CT molecular complexity index is 1220. The average Bonchev–Trinajstić information content (AvgIpc) is 3.03. The monoisotopic (exact) mass is 426 g/mol. The second-order valence-electron chi connectivity index (χ2n) is 7.60. The van der Waals surface area contributed by atoms with E-state index in [4.69, 9.17) is 13.9 Å². The number of hydrogen-bond acceptors (Lipinski definition) is 6. The van der Waals surface area contributed by atoms with Crippen molar-refractivity contribution in [3.05, 3.63) is 69.3 Å². The van der Waals surface area contributed by atoms with E-state index in [0.29, 0.717) is 30.2 Å². The number of carbonyl (C=O) groups excluding carboxylic acids is 1. The van der Waals surface area contributed by atoms with Crippen LogP contribution < -0.4 is 14.9 Å². The predicted molar refractivity (Wildman–Crippen MR) is 113 cm³/mol. The van der Waals surface area contributed by atoms with Gasteiger partial charge in [-0.3, -0.25) is 9.59 Å². The summed E-state index contributed by atoms with van der Waals surface area (Å²) < 4.78 is 30.7. The van der Waals surface area contributed by atoms with Crippen LogP contribution in [-0.2, 0) is 0 Å². The van der Waals surface area contributed by atoms with Gasteiger partial charge in [0.15, 0.2) is 16.9 Å². The molecular weight excluding hydrogens is 403 g/mol. The van der Waals surface area contributed by atoms with Crippen LogP contribution in [0.1, 0.15) is 27.7 Å². The third kappa shape index (κ3) is 3.42. The summed E-state index contributed by atoms with van der Waals surface area (Å²) in [6.07, 6.45) is 0. The number of ether oxygens (including phenoxy) is 2. The molecule has 1 aliphatic rings. The number of rotatable bonds is 6. The summed E-state index contributed by atoms with van der Waals surface area (Å²) in [5.41, 5.74) is 0.500. The number of nitrogens with zero attached hydrogens (tertiary/aromatic N) is 2. The summed E-state index contributed by atoms with van der Waals surface area (Å²) in [5, 5.41) is 0.0906. The second-order valence-corrected chi connectivity index (χ2v) is 7.60. The highest BCUT2D eigenvalue weighted by Gasteiger charge is 2.44. The average molecular weight is 426 g/mol. The smallest absolute Gasteiger partial charge is 0.290 e. The summed E-state index contributed by atoms with van der Waals surface area (Å²) in [5.74, 6) is -0.0780. The number of likely N-dealkylation sites (N-methyl/N-ethyl adjacent to an activating group) is 1. The van der Waals surface area contributed by atoms with Crippen molar-refractivity contribution >= 4 is 16.9 Å². The Morgan fingerprint density at radius 1 is 1.13 bits per heavy atom. The summed E-state index contributed by atoms with van der Waals surface area (Å²) >= 11 is 0. The van der Waals surface area contributed by atoms with Crippen molar-refractivity contribution in [3.63, 3.8) is 0 Å². The van der Waals surface area contributed by atoms with Crippen LogP contribution in [0, 0.1) is 5.82 Å². The minimum atomic E-state index is -0.753. The normalized spacial score (nSPS) is 15.6. The predicted octanol–water partition coefficient (Wildman–Crippen LogP) is 3.06. The molecule has 0 saturated carbocycles. The van der Waals surface area contributed by atoms with Crippen molar-refractivity contribution in [2.45, 2.75) is 6.04 Å². The van der Waals surface area contributed by atoms with Crippen LogP contribution in [-0.4, -0.2) is 57.1 Å². The molecule has 1 unspecified atom stereocenters. The second kappa shape index (κ2) is 8.03. The van der Waals surface area contributed by atoms with Crippen LogP contribution in [0.15, 0.2) is 45.6 Å². The van der Waals surface area contributed by atoms with Gasteiger partial charge in [-0.15, -0.1) is 0 Å². The molecular formula is C23H23FN2O5. The topological polar surface area (TPSA) is 72.2 Å². The van der Waals surface area contributed by atoms with Gasteiger partial charge in [0.2, 0.25) is 5.76 Å². The zero-order chi connectivity index (χ0) is 22.3. The van der Waals surface area contributed by atoms with Gasteiger partial charge in [-0.25, -0.2) is 4.39 Å². The van der Waals surface area contributed by atoms with E-state index in [1.165, 1.54) is 26.4 Å². The van der Waals surface area contributed by atoms with Gasteiger partial charge in [-0.05, 0) is 38.4 Å². The number of para-hydroxylation sites is 1. The number of hydrogen-bond donors (Lipinski definition) is 0. The molecule has 1 atom stereocenters. The maximum Gasteiger partial charge on any atom is 0.290 e. The summed E-state index contributed by atoms with van der Waals surface area (Å²) in [7, 11) is 6.82. The molecule has 0 spiro atoms. The zero-order valence-electron chi connectivity index (χ0n) is 17.8. The molecule has 31 heavy (non-hydrogen) atoms. The lowest BCUT2D eigenvalue weighted by Crippen LogP contribution is -2.35. The maximum absolute atomic E-state index is 13.9. The first-order chi connectivity index (χ1) is 14.9. The number of amides is 1. The summed E-state index contributed by atoms with van der Waals surface area (Å²) in [4.78, 5) is 30.3. The van der Waals surface area contributed by atoms with Crippen LogP contribution >= 0.6 is 0 Å². The van der Waals surface area contributed by atoms with Gasteiger partial charge in [-0.2, -0.15) is 0 Å². The first-order valence-corrected chi connectivity index (χ1v) is 9.80. The van der Waals surface area contributed by atoms with E-state index in [-0.39, 0.29) is 22.3 Å². The molecule has 1 aromatic heterocycles. The molecule has 0 N–H and O–H groups in total. The fourth-order valence-corrected chi connectivity index (χ4v) is 3.98. The molecule has 0 aliphatic carbocycles. The van der Waals surface area contributed by atoms with Gasteiger partial charge in [0, 0.05) is 18.7 Å². The third-order valence-electron chi connectivity index (χ3n) is 5.44. The molecule has 8 heteroatoms. The number of carbonyl (C=O) groups is 1. The first-order valence-electron chi connectivity index (χ1n) is 9.80. The van der Waals surface area contributed by atoms with E-state index in [9.17, 15) is 14.0 Å². The number of fused-ring (bicyclic) bond motifs is 2. The van der Waals surface area contributed by atoms with E-state index < -0.39 is 23.2 Å². The van der Waals surface area contributed by atoms with Crippen LogP contribution in [0.2, 0.25) is 0 Å². The van der Waals surface area contributed by atoms with Gasteiger partial charge < -0.3 is 23.7 Å². The highest BCUT2D eigenvalue weighted by Crippen LogP contribution is 2.44. The Labute approximate surface area is 178 Å². The van der Waals surface area contributed by atoms with Crippen LogP contribution in [0.3, 0.4) is 0 Å². The molecule has 0 bridgehead atoms. The molecule has 0 radical (unpaired) electrons. The standard InChI is InChI=1S/C23H23FN2O5/c1-25(2)10-11-26-19(14-6-5-7-17(29-3)21(14)30-4)18-20(27)15-12-13(24)8-9-16(15)31-22(18)23(26)28/h5-9,12,19H,10-11H2,1-4H3. The summed E-state index contributed by atoms with van der Waals surface area (Å²) in [6.45, 7) is 0.927. The van der Waals surface area contributed by atoms with E-state index in [0.717, 1.165) is 6.07 Å². The minimum absolute atomic E-state index is 0.0299. The number of methoxy groups -OCH3 is 2. The zero-order valence-corrected chi connectivity index (χ0v) is 17.8. The van der Waals surface area contributed by atoms with Crippen molar-refractivity contribution in [2.24, 2.45) is 0 Å². The Kier molecular flexibility index (Phi) is 5.41. The fraction of sp³-hybridized carbons (Fsp3) is 0.304.